The Kier molecular flexibility index (Phi) is 6.42. The molecular formula is C18H24N2O2. The van der Waals surface area contributed by atoms with Gasteiger partial charge in [0.2, 0.25) is 0 Å². The fraction of sp³-hybridized carbons (Fsp3) is 0.556. The highest BCUT2D eigenvalue weighted by Gasteiger charge is 2.11. The van der Waals surface area contributed by atoms with Gasteiger partial charge in [-0.05, 0) is 50.4 Å². The van der Waals surface area contributed by atoms with Crippen LogP contribution in [0.25, 0.3) is 0 Å². The summed E-state index contributed by atoms with van der Waals surface area (Å²) in [6, 6.07) is 3.71. The number of methoxy groups -OCH3 is 1. The molecule has 2 rings (SSSR count). The Morgan fingerprint density at radius 2 is 2.00 bits per heavy atom. The molecular weight excluding hydrogens is 276 g/mol. The SMILES string of the molecule is COC(=O)c1nc(C#CCCN2CCCCCC2)ccc1C. The van der Waals surface area contributed by atoms with E-state index in [0.717, 1.165) is 18.5 Å². The molecule has 0 aromatic carbocycles. The highest BCUT2D eigenvalue weighted by molar-refractivity contribution is 5.88. The number of pyridine rings is 1. The van der Waals surface area contributed by atoms with Crippen LogP contribution in [0, 0.1) is 18.8 Å². The summed E-state index contributed by atoms with van der Waals surface area (Å²) in [7, 11) is 1.36. The minimum atomic E-state index is -0.411. The van der Waals surface area contributed by atoms with Crippen LogP contribution in [0.5, 0.6) is 0 Å². The minimum absolute atomic E-state index is 0.349. The zero-order valence-corrected chi connectivity index (χ0v) is 13.5. The van der Waals surface area contributed by atoms with E-state index in [-0.39, 0.29) is 0 Å². The first-order valence-corrected chi connectivity index (χ1v) is 7.98. The molecule has 0 atom stereocenters. The molecule has 118 valence electrons. The fourth-order valence-corrected chi connectivity index (χ4v) is 2.63. The zero-order chi connectivity index (χ0) is 15.8. The second kappa shape index (κ2) is 8.55. The molecule has 1 saturated heterocycles. The van der Waals surface area contributed by atoms with Crippen molar-refractivity contribution in [3.63, 3.8) is 0 Å². The van der Waals surface area contributed by atoms with Crippen molar-refractivity contribution in [2.75, 3.05) is 26.7 Å². The summed E-state index contributed by atoms with van der Waals surface area (Å²) >= 11 is 0. The van der Waals surface area contributed by atoms with Crippen LogP contribution in [-0.4, -0.2) is 42.6 Å². The van der Waals surface area contributed by atoms with Gasteiger partial charge in [0.15, 0.2) is 5.69 Å². The lowest BCUT2D eigenvalue weighted by atomic mass is 10.2. The average Bonchev–Trinajstić information content (AvgIpc) is 2.81. The topological polar surface area (TPSA) is 42.4 Å². The van der Waals surface area contributed by atoms with Gasteiger partial charge in [-0.15, -0.1) is 0 Å². The summed E-state index contributed by atoms with van der Waals surface area (Å²) < 4.78 is 4.73. The molecule has 0 aliphatic carbocycles. The van der Waals surface area contributed by atoms with E-state index in [4.69, 9.17) is 4.74 Å². The standard InChI is InChI=1S/C18H24N2O2/c1-15-10-11-16(19-17(15)18(21)22-2)9-5-8-14-20-12-6-3-4-7-13-20/h10-11H,3-4,6-8,12-14H2,1-2H3. The van der Waals surface area contributed by atoms with E-state index in [1.807, 2.05) is 19.1 Å². The molecule has 1 aliphatic heterocycles. The normalized spacial score (nSPS) is 15.5. The van der Waals surface area contributed by atoms with Gasteiger partial charge in [0.05, 0.1) is 7.11 Å². The molecule has 1 aromatic heterocycles. The minimum Gasteiger partial charge on any atom is -0.464 e. The lowest BCUT2D eigenvalue weighted by Gasteiger charge is -2.17. The summed E-state index contributed by atoms with van der Waals surface area (Å²) in [5.74, 6) is 5.81. The summed E-state index contributed by atoms with van der Waals surface area (Å²) in [5, 5.41) is 0. The largest absolute Gasteiger partial charge is 0.464 e. The van der Waals surface area contributed by atoms with Gasteiger partial charge in [-0.3, -0.25) is 0 Å². The maximum atomic E-state index is 11.6. The second-order valence-corrected chi connectivity index (χ2v) is 5.66. The monoisotopic (exact) mass is 300 g/mol. The first kappa shape index (κ1) is 16.5. The molecule has 0 radical (unpaired) electrons. The fourth-order valence-electron chi connectivity index (χ4n) is 2.63. The van der Waals surface area contributed by atoms with E-state index in [1.165, 1.54) is 45.9 Å². The Balaban J connectivity index is 1.92. The maximum absolute atomic E-state index is 11.6. The van der Waals surface area contributed by atoms with Crippen molar-refractivity contribution >= 4 is 5.97 Å². The van der Waals surface area contributed by atoms with Crippen LogP contribution >= 0.6 is 0 Å². The van der Waals surface area contributed by atoms with Crippen molar-refractivity contribution < 1.29 is 9.53 Å². The van der Waals surface area contributed by atoms with Crippen LogP contribution in [0.3, 0.4) is 0 Å². The van der Waals surface area contributed by atoms with Crippen molar-refractivity contribution in [2.45, 2.75) is 39.0 Å². The molecule has 0 unspecified atom stereocenters. The van der Waals surface area contributed by atoms with E-state index < -0.39 is 5.97 Å². The third-order valence-corrected chi connectivity index (χ3v) is 3.94. The number of ether oxygens (including phenoxy) is 1. The molecule has 0 spiro atoms. The summed E-state index contributed by atoms with van der Waals surface area (Å²) in [4.78, 5) is 18.4. The smallest absolute Gasteiger partial charge is 0.356 e. The van der Waals surface area contributed by atoms with Crippen LogP contribution in [0.15, 0.2) is 12.1 Å². The van der Waals surface area contributed by atoms with Gasteiger partial charge in [0.25, 0.3) is 0 Å². The number of carbonyl (C=O) groups is 1. The van der Waals surface area contributed by atoms with Gasteiger partial charge in [-0.25, -0.2) is 9.78 Å². The molecule has 4 nitrogen and oxygen atoms in total. The Hall–Kier alpha value is -1.86. The van der Waals surface area contributed by atoms with Gasteiger partial charge in [0, 0.05) is 13.0 Å². The van der Waals surface area contributed by atoms with Crippen LogP contribution in [0.2, 0.25) is 0 Å². The van der Waals surface area contributed by atoms with Gasteiger partial charge in [-0.1, -0.05) is 24.8 Å². The van der Waals surface area contributed by atoms with Crippen LogP contribution in [0.1, 0.15) is 53.8 Å². The first-order valence-electron chi connectivity index (χ1n) is 7.98. The predicted octanol–water partition coefficient (Wildman–Crippen LogP) is 2.79. The number of aryl methyl sites for hydroxylation is 1. The van der Waals surface area contributed by atoms with E-state index in [2.05, 4.69) is 21.7 Å². The molecule has 4 heteroatoms. The lowest BCUT2D eigenvalue weighted by molar-refractivity contribution is 0.0593. The quantitative estimate of drug-likeness (QED) is 0.636. The van der Waals surface area contributed by atoms with E-state index in [1.54, 1.807) is 0 Å². The molecule has 22 heavy (non-hydrogen) atoms. The number of esters is 1. The maximum Gasteiger partial charge on any atom is 0.356 e. The third-order valence-electron chi connectivity index (χ3n) is 3.94. The first-order chi connectivity index (χ1) is 10.7. The number of carbonyl (C=O) groups excluding carboxylic acids is 1. The molecule has 0 bridgehead atoms. The number of hydrogen-bond donors (Lipinski definition) is 0. The van der Waals surface area contributed by atoms with Crippen LogP contribution in [-0.2, 0) is 4.74 Å². The summed E-state index contributed by atoms with van der Waals surface area (Å²) in [6.45, 7) is 5.24. The van der Waals surface area contributed by atoms with Crippen molar-refractivity contribution in [1.82, 2.24) is 9.88 Å². The van der Waals surface area contributed by atoms with Gasteiger partial charge < -0.3 is 9.64 Å². The Labute approximate surface area is 132 Å². The average molecular weight is 300 g/mol. The zero-order valence-electron chi connectivity index (χ0n) is 13.5. The van der Waals surface area contributed by atoms with Crippen molar-refractivity contribution in [3.8, 4) is 11.8 Å². The highest BCUT2D eigenvalue weighted by atomic mass is 16.5. The number of likely N-dealkylation sites (tertiary alicyclic amines) is 1. The number of rotatable bonds is 3. The third kappa shape index (κ3) is 4.85. The number of hydrogen-bond acceptors (Lipinski definition) is 4. The molecule has 1 aromatic rings. The Morgan fingerprint density at radius 1 is 1.27 bits per heavy atom. The molecule has 2 heterocycles. The summed E-state index contributed by atoms with van der Waals surface area (Å²) in [5.41, 5.74) is 1.78. The lowest BCUT2D eigenvalue weighted by Crippen LogP contribution is -2.25. The van der Waals surface area contributed by atoms with E-state index in [0.29, 0.717) is 11.4 Å². The number of aromatic nitrogens is 1. The Bertz CT molecular complexity index is 564. The summed E-state index contributed by atoms with van der Waals surface area (Å²) in [6.07, 6.45) is 6.14. The van der Waals surface area contributed by atoms with Gasteiger partial charge >= 0.3 is 5.97 Å². The van der Waals surface area contributed by atoms with Gasteiger partial charge in [-0.2, -0.15) is 0 Å². The van der Waals surface area contributed by atoms with Crippen molar-refractivity contribution in [1.29, 1.82) is 0 Å². The second-order valence-electron chi connectivity index (χ2n) is 5.66. The molecule has 0 saturated carbocycles. The van der Waals surface area contributed by atoms with Crippen LogP contribution in [0.4, 0.5) is 0 Å². The van der Waals surface area contributed by atoms with E-state index >= 15 is 0 Å². The number of nitrogens with zero attached hydrogens (tertiary/aromatic N) is 2. The highest BCUT2D eigenvalue weighted by Crippen LogP contribution is 2.10. The molecule has 0 amide bonds. The van der Waals surface area contributed by atoms with Crippen molar-refractivity contribution in [3.05, 3.63) is 29.1 Å². The predicted molar refractivity (Wildman–Crippen MR) is 86.7 cm³/mol. The van der Waals surface area contributed by atoms with Crippen molar-refractivity contribution in [2.24, 2.45) is 0 Å². The van der Waals surface area contributed by atoms with E-state index in [9.17, 15) is 4.79 Å². The molecule has 1 aliphatic rings. The Morgan fingerprint density at radius 3 is 2.68 bits per heavy atom. The van der Waals surface area contributed by atoms with Crippen LogP contribution < -0.4 is 0 Å². The molecule has 1 fully saturated rings. The molecule has 0 N–H and O–H groups in total. The van der Waals surface area contributed by atoms with Gasteiger partial charge in [0.1, 0.15) is 5.69 Å².